The molecular formula is C25H29N3O2. The van der Waals surface area contributed by atoms with Crippen molar-refractivity contribution in [2.24, 2.45) is 0 Å². The van der Waals surface area contributed by atoms with Gasteiger partial charge in [0.1, 0.15) is 5.75 Å². The highest BCUT2D eigenvalue weighted by Crippen LogP contribution is 2.29. The minimum atomic E-state index is 0.0422. The quantitative estimate of drug-likeness (QED) is 0.649. The summed E-state index contributed by atoms with van der Waals surface area (Å²) >= 11 is 0. The van der Waals surface area contributed by atoms with Crippen LogP contribution in [0.3, 0.4) is 0 Å². The Morgan fingerprint density at radius 3 is 2.50 bits per heavy atom. The summed E-state index contributed by atoms with van der Waals surface area (Å²) in [6.45, 7) is 7.06. The molecule has 0 fully saturated rings. The van der Waals surface area contributed by atoms with Gasteiger partial charge < -0.3 is 19.5 Å². The highest BCUT2D eigenvalue weighted by Gasteiger charge is 2.18. The van der Waals surface area contributed by atoms with E-state index in [2.05, 4.69) is 59.1 Å². The highest BCUT2D eigenvalue weighted by molar-refractivity contribution is 5.93. The van der Waals surface area contributed by atoms with Crippen LogP contribution in [-0.2, 0) is 24.3 Å². The fraction of sp³-hybridized carbons (Fsp3) is 0.320. The van der Waals surface area contributed by atoms with Crippen molar-refractivity contribution in [1.82, 2.24) is 4.57 Å². The molecule has 1 aliphatic rings. The lowest BCUT2D eigenvalue weighted by molar-refractivity contribution is -0.116. The number of aryl methyl sites for hydroxylation is 3. The standard InChI is InChI=1S/C25H29N3O2/c1-18-15-22(28-14-13-27-12-4-5-21(27)17-28)16-19(2)25(18)26-24(29)11-8-20-6-9-23(30-3)10-7-20/h4-7,9-10,12,15-16H,8,11,13-14,17H2,1-3H3,(H,26,29). The van der Waals surface area contributed by atoms with Gasteiger partial charge in [-0.2, -0.15) is 0 Å². The van der Waals surface area contributed by atoms with Crippen molar-refractivity contribution in [3.05, 3.63) is 77.1 Å². The summed E-state index contributed by atoms with van der Waals surface area (Å²) in [4.78, 5) is 15.0. The van der Waals surface area contributed by atoms with Crippen LogP contribution in [-0.4, -0.2) is 24.1 Å². The van der Waals surface area contributed by atoms with Crippen LogP contribution in [0.4, 0.5) is 11.4 Å². The molecule has 1 N–H and O–H groups in total. The Morgan fingerprint density at radius 2 is 1.80 bits per heavy atom. The molecule has 156 valence electrons. The van der Waals surface area contributed by atoms with Gasteiger partial charge in [0.05, 0.1) is 13.7 Å². The van der Waals surface area contributed by atoms with Gasteiger partial charge in [-0.25, -0.2) is 0 Å². The summed E-state index contributed by atoms with van der Waals surface area (Å²) in [7, 11) is 1.65. The lowest BCUT2D eigenvalue weighted by Gasteiger charge is -2.31. The van der Waals surface area contributed by atoms with Crippen molar-refractivity contribution in [1.29, 1.82) is 0 Å². The van der Waals surface area contributed by atoms with Crippen LogP contribution < -0.4 is 15.0 Å². The molecule has 4 rings (SSSR count). The number of methoxy groups -OCH3 is 1. The Kier molecular flexibility index (Phi) is 5.79. The molecule has 2 heterocycles. The van der Waals surface area contributed by atoms with E-state index in [9.17, 15) is 4.79 Å². The average molecular weight is 404 g/mol. The third-order valence-electron chi connectivity index (χ3n) is 5.83. The lowest BCUT2D eigenvalue weighted by Crippen LogP contribution is -2.33. The molecule has 0 aliphatic carbocycles. The molecule has 2 aromatic carbocycles. The summed E-state index contributed by atoms with van der Waals surface area (Å²) in [5.41, 5.74) is 6.82. The van der Waals surface area contributed by atoms with Gasteiger partial charge in [-0.05, 0) is 73.4 Å². The summed E-state index contributed by atoms with van der Waals surface area (Å²) in [5, 5.41) is 3.13. The number of hydrogen-bond acceptors (Lipinski definition) is 3. The van der Waals surface area contributed by atoms with E-state index in [1.54, 1.807) is 7.11 Å². The summed E-state index contributed by atoms with van der Waals surface area (Å²) in [6.07, 6.45) is 3.31. The molecule has 0 spiro atoms. The molecule has 0 bridgehead atoms. The van der Waals surface area contributed by atoms with E-state index in [4.69, 9.17) is 4.74 Å². The molecule has 0 saturated carbocycles. The zero-order valence-electron chi connectivity index (χ0n) is 17.9. The number of nitrogens with one attached hydrogen (secondary N) is 1. The van der Waals surface area contributed by atoms with Gasteiger partial charge in [-0.3, -0.25) is 4.79 Å². The molecule has 30 heavy (non-hydrogen) atoms. The molecule has 0 saturated heterocycles. The van der Waals surface area contributed by atoms with Crippen molar-refractivity contribution in [2.45, 2.75) is 39.8 Å². The molecule has 1 aliphatic heterocycles. The second-order valence-corrected chi connectivity index (χ2v) is 7.97. The smallest absolute Gasteiger partial charge is 0.224 e. The second kappa shape index (κ2) is 8.66. The van der Waals surface area contributed by atoms with E-state index in [0.717, 1.165) is 47.8 Å². The SMILES string of the molecule is COc1ccc(CCC(=O)Nc2c(C)cc(N3CCn4cccc4C3)cc2C)cc1. The predicted molar refractivity (Wildman–Crippen MR) is 121 cm³/mol. The van der Waals surface area contributed by atoms with Gasteiger partial charge >= 0.3 is 0 Å². The minimum Gasteiger partial charge on any atom is -0.497 e. The maximum atomic E-state index is 12.6. The van der Waals surface area contributed by atoms with Gasteiger partial charge in [0.15, 0.2) is 0 Å². The van der Waals surface area contributed by atoms with E-state index >= 15 is 0 Å². The van der Waals surface area contributed by atoms with Crippen LogP contribution in [0.2, 0.25) is 0 Å². The summed E-state index contributed by atoms with van der Waals surface area (Å²) in [5.74, 6) is 0.872. The predicted octanol–water partition coefficient (Wildman–Crippen LogP) is 4.71. The normalized spacial score (nSPS) is 13.1. The first-order valence-corrected chi connectivity index (χ1v) is 10.5. The zero-order chi connectivity index (χ0) is 21.1. The molecule has 0 atom stereocenters. The van der Waals surface area contributed by atoms with Crippen LogP contribution in [0, 0.1) is 13.8 Å². The Hall–Kier alpha value is -3.21. The van der Waals surface area contributed by atoms with Crippen molar-refractivity contribution in [3.63, 3.8) is 0 Å². The number of hydrogen-bond donors (Lipinski definition) is 1. The van der Waals surface area contributed by atoms with Crippen molar-refractivity contribution >= 4 is 17.3 Å². The Balaban J connectivity index is 1.40. The third kappa shape index (κ3) is 4.35. The van der Waals surface area contributed by atoms with Crippen LogP contribution >= 0.6 is 0 Å². The molecule has 5 nitrogen and oxygen atoms in total. The number of carbonyl (C=O) groups excluding carboxylic acids is 1. The van der Waals surface area contributed by atoms with Crippen molar-refractivity contribution in [2.75, 3.05) is 23.9 Å². The summed E-state index contributed by atoms with van der Waals surface area (Å²) in [6, 6.07) is 16.5. The summed E-state index contributed by atoms with van der Waals surface area (Å²) < 4.78 is 7.50. The molecule has 0 radical (unpaired) electrons. The lowest BCUT2D eigenvalue weighted by atomic mass is 10.1. The fourth-order valence-corrected chi connectivity index (χ4v) is 4.11. The van der Waals surface area contributed by atoms with Crippen LogP contribution in [0.25, 0.3) is 0 Å². The number of rotatable bonds is 6. The number of aromatic nitrogens is 1. The van der Waals surface area contributed by atoms with E-state index in [-0.39, 0.29) is 5.91 Å². The maximum absolute atomic E-state index is 12.6. The highest BCUT2D eigenvalue weighted by atomic mass is 16.5. The number of anilines is 2. The Morgan fingerprint density at radius 1 is 1.07 bits per heavy atom. The van der Waals surface area contributed by atoms with E-state index in [1.807, 2.05) is 24.3 Å². The number of fused-ring (bicyclic) bond motifs is 1. The molecule has 0 unspecified atom stereocenters. The van der Waals surface area contributed by atoms with Gasteiger partial charge in [-0.1, -0.05) is 12.1 Å². The molecule has 1 amide bonds. The first kappa shape index (κ1) is 20.1. The zero-order valence-corrected chi connectivity index (χ0v) is 17.9. The van der Waals surface area contributed by atoms with Crippen molar-refractivity contribution in [3.8, 4) is 5.75 Å². The second-order valence-electron chi connectivity index (χ2n) is 7.97. The van der Waals surface area contributed by atoms with E-state index in [0.29, 0.717) is 12.8 Å². The van der Waals surface area contributed by atoms with Gasteiger partial charge in [0.25, 0.3) is 0 Å². The van der Waals surface area contributed by atoms with Gasteiger partial charge in [0.2, 0.25) is 5.91 Å². The topological polar surface area (TPSA) is 46.5 Å². The minimum absolute atomic E-state index is 0.0422. The largest absolute Gasteiger partial charge is 0.497 e. The monoisotopic (exact) mass is 403 g/mol. The maximum Gasteiger partial charge on any atom is 0.224 e. The van der Waals surface area contributed by atoms with Gasteiger partial charge in [0, 0.05) is 42.8 Å². The van der Waals surface area contributed by atoms with Crippen LogP contribution in [0.5, 0.6) is 5.75 Å². The number of benzene rings is 2. The molecule has 1 aromatic heterocycles. The molecule has 3 aromatic rings. The number of nitrogens with zero attached hydrogens (tertiary/aromatic N) is 2. The first-order valence-electron chi connectivity index (χ1n) is 10.5. The van der Waals surface area contributed by atoms with E-state index < -0.39 is 0 Å². The van der Waals surface area contributed by atoms with Gasteiger partial charge in [-0.15, -0.1) is 0 Å². The third-order valence-corrected chi connectivity index (χ3v) is 5.83. The van der Waals surface area contributed by atoms with Crippen molar-refractivity contribution < 1.29 is 9.53 Å². The Labute approximate surface area is 178 Å². The van der Waals surface area contributed by atoms with E-state index in [1.165, 1.54) is 11.4 Å². The average Bonchev–Trinajstić information content (AvgIpc) is 3.23. The van der Waals surface area contributed by atoms with Crippen LogP contribution in [0.1, 0.15) is 28.8 Å². The number of ether oxygens (including phenoxy) is 1. The fourth-order valence-electron chi connectivity index (χ4n) is 4.11. The number of amides is 1. The first-order chi connectivity index (χ1) is 14.5. The Bertz CT molecular complexity index is 1010. The van der Waals surface area contributed by atoms with Crippen LogP contribution in [0.15, 0.2) is 54.7 Å². The molecule has 5 heteroatoms. The molecular weight excluding hydrogens is 374 g/mol. The number of carbonyl (C=O) groups is 1.